The van der Waals surface area contributed by atoms with Crippen molar-refractivity contribution in [2.24, 2.45) is 0 Å². The quantitative estimate of drug-likeness (QED) is 0.423. The number of rotatable bonds is 5. The summed E-state index contributed by atoms with van der Waals surface area (Å²) in [5.74, 6) is 0.623. The fourth-order valence-electron chi connectivity index (χ4n) is 5.15. The highest BCUT2D eigenvalue weighted by molar-refractivity contribution is 5.87. The standard InChI is InChI=1S/C27H28N2O4/c1-15-17-11-13-23(32-3)16(2)26(17)33-27(31)18(15)12-14-24(30)28-22-10-6-8-20-19-7-4-5-9-21(19)29-25(20)22/h4-5,7,9,11,13,22,29H,6,8,10,12,14H2,1-3H3,(H,28,30)/t22-/m1/s1. The third-order valence-corrected chi connectivity index (χ3v) is 6.93. The zero-order valence-electron chi connectivity index (χ0n) is 19.2. The second-order valence-electron chi connectivity index (χ2n) is 8.84. The van der Waals surface area contributed by atoms with Gasteiger partial charge in [0.1, 0.15) is 11.3 Å². The molecular formula is C27H28N2O4. The van der Waals surface area contributed by atoms with E-state index in [4.69, 9.17) is 9.15 Å². The molecule has 0 unspecified atom stereocenters. The number of carbonyl (C=O) groups excluding carboxylic acids is 1. The van der Waals surface area contributed by atoms with Crippen molar-refractivity contribution in [1.29, 1.82) is 0 Å². The number of benzene rings is 2. The maximum absolute atomic E-state index is 12.9. The molecule has 0 bridgehead atoms. The largest absolute Gasteiger partial charge is 0.496 e. The van der Waals surface area contributed by atoms with Crippen LogP contribution in [0.15, 0.2) is 45.6 Å². The van der Waals surface area contributed by atoms with Gasteiger partial charge in [-0.15, -0.1) is 0 Å². The Bertz CT molecular complexity index is 1430. The summed E-state index contributed by atoms with van der Waals surface area (Å²) in [6.07, 6.45) is 3.54. The van der Waals surface area contributed by atoms with Crippen LogP contribution in [-0.4, -0.2) is 18.0 Å². The fourth-order valence-corrected chi connectivity index (χ4v) is 5.15. The highest BCUT2D eigenvalue weighted by Crippen LogP contribution is 2.35. The van der Waals surface area contributed by atoms with E-state index in [9.17, 15) is 9.59 Å². The number of aromatic amines is 1. The molecule has 5 rings (SSSR count). The summed E-state index contributed by atoms with van der Waals surface area (Å²) in [4.78, 5) is 29.1. The monoisotopic (exact) mass is 444 g/mol. The minimum absolute atomic E-state index is 0.0297. The van der Waals surface area contributed by atoms with E-state index in [0.29, 0.717) is 23.3 Å². The molecule has 0 radical (unpaired) electrons. The van der Waals surface area contributed by atoms with Gasteiger partial charge in [0.05, 0.1) is 13.2 Å². The van der Waals surface area contributed by atoms with Crippen molar-refractivity contribution < 1.29 is 13.9 Å². The molecular weight excluding hydrogens is 416 g/mol. The second-order valence-corrected chi connectivity index (χ2v) is 8.84. The van der Waals surface area contributed by atoms with Crippen LogP contribution in [-0.2, 0) is 17.6 Å². The molecule has 1 aliphatic carbocycles. The highest BCUT2D eigenvalue weighted by atomic mass is 16.5. The molecule has 1 amide bonds. The molecule has 0 spiro atoms. The molecule has 1 atom stereocenters. The summed E-state index contributed by atoms with van der Waals surface area (Å²) < 4.78 is 11.0. The van der Waals surface area contributed by atoms with Crippen LogP contribution in [0.5, 0.6) is 5.75 Å². The lowest BCUT2D eigenvalue weighted by molar-refractivity contribution is -0.121. The predicted molar refractivity (Wildman–Crippen MR) is 129 cm³/mol. The maximum atomic E-state index is 12.9. The molecule has 6 heteroatoms. The van der Waals surface area contributed by atoms with Gasteiger partial charge in [-0.05, 0) is 68.9 Å². The van der Waals surface area contributed by atoms with Gasteiger partial charge >= 0.3 is 5.63 Å². The van der Waals surface area contributed by atoms with Crippen LogP contribution in [0.3, 0.4) is 0 Å². The first-order valence-corrected chi connectivity index (χ1v) is 11.5. The van der Waals surface area contributed by atoms with Gasteiger partial charge in [-0.25, -0.2) is 4.79 Å². The fraction of sp³-hybridized carbons (Fsp3) is 0.333. The number of H-pyrrole nitrogens is 1. The number of carbonyl (C=O) groups is 1. The van der Waals surface area contributed by atoms with Crippen molar-refractivity contribution in [3.63, 3.8) is 0 Å². The Morgan fingerprint density at radius 2 is 1.97 bits per heavy atom. The second kappa shape index (κ2) is 8.43. The van der Waals surface area contributed by atoms with Crippen molar-refractivity contribution in [1.82, 2.24) is 10.3 Å². The number of methoxy groups -OCH3 is 1. The third kappa shape index (κ3) is 3.69. The summed E-state index contributed by atoms with van der Waals surface area (Å²) >= 11 is 0. The van der Waals surface area contributed by atoms with Crippen molar-refractivity contribution in [2.45, 2.75) is 52.0 Å². The number of aromatic nitrogens is 1. The molecule has 4 aromatic rings. The van der Waals surface area contributed by atoms with E-state index in [1.54, 1.807) is 7.11 Å². The lowest BCUT2D eigenvalue weighted by Crippen LogP contribution is -2.31. The first kappa shape index (κ1) is 21.3. The van der Waals surface area contributed by atoms with Gasteiger partial charge in [-0.1, -0.05) is 18.2 Å². The lowest BCUT2D eigenvalue weighted by Gasteiger charge is -2.24. The Hall–Kier alpha value is -3.54. The van der Waals surface area contributed by atoms with Crippen LogP contribution in [0.4, 0.5) is 0 Å². The summed E-state index contributed by atoms with van der Waals surface area (Å²) in [6, 6.07) is 12.0. The topological polar surface area (TPSA) is 84.3 Å². The minimum atomic E-state index is -0.389. The molecule has 0 saturated heterocycles. The minimum Gasteiger partial charge on any atom is -0.496 e. The number of para-hydroxylation sites is 1. The molecule has 2 aromatic heterocycles. The van der Waals surface area contributed by atoms with Crippen molar-refractivity contribution in [3.8, 4) is 5.75 Å². The molecule has 0 aliphatic heterocycles. The summed E-state index contributed by atoms with van der Waals surface area (Å²) in [5, 5.41) is 5.30. The van der Waals surface area contributed by atoms with E-state index in [2.05, 4.69) is 22.4 Å². The molecule has 0 fully saturated rings. The number of fused-ring (bicyclic) bond motifs is 4. The van der Waals surface area contributed by atoms with Gasteiger partial charge in [0.15, 0.2) is 0 Å². The SMILES string of the molecule is COc1ccc2c(C)c(CCC(=O)N[C@@H]3CCCc4c3[nH]c3ccccc43)c(=O)oc2c1C. The average Bonchev–Trinajstić information content (AvgIpc) is 3.19. The highest BCUT2D eigenvalue weighted by Gasteiger charge is 2.25. The number of ether oxygens (including phenoxy) is 1. The molecule has 2 heterocycles. The van der Waals surface area contributed by atoms with Gasteiger partial charge in [-0.2, -0.15) is 0 Å². The molecule has 170 valence electrons. The Morgan fingerprint density at radius 1 is 1.15 bits per heavy atom. The van der Waals surface area contributed by atoms with Gasteiger partial charge in [-0.3, -0.25) is 4.79 Å². The van der Waals surface area contributed by atoms with Gasteiger partial charge in [0.25, 0.3) is 0 Å². The smallest absolute Gasteiger partial charge is 0.339 e. The summed E-state index contributed by atoms with van der Waals surface area (Å²) in [5.41, 5.74) is 5.89. The van der Waals surface area contributed by atoms with Crippen LogP contribution >= 0.6 is 0 Å². The van der Waals surface area contributed by atoms with E-state index in [1.807, 2.05) is 38.1 Å². The van der Waals surface area contributed by atoms with Crippen LogP contribution in [0.2, 0.25) is 0 Å². The maximum Gasteiger partial charge on any atom is 0.339 e. The number of hydrogen-bond donors (Lipinski definition) is 2. The van der Waals surface area contributed by atoms with E-state index < -0.39 is 0 Å². The molecule has 6 nitrogen and oxygen atoms in total. The summed E-state index contributed by atoms with van der Waals surface area (Å²) in [6.45, 7) is 3.79. The third-order valence-electron chi connectivity index (χ3n) is 6.93. The van der Waals surface area contributed by atoms with E-state index in [-0.39, 0.29) is 24.0 Å². The Labute approximate surface area is 191 Å². The number of amides is 1. The Balaban J connectivity index is 1.35. The molecule has 2 aromatic carbocycles. The van der Waals surface area contributed by atoms with E-state index >= 15 is 0 Å². The van der Waals surface area contributed by atoms with Crippen LogP contribution in [0.25, 0.3) is 21.9 Å². The zero-order valence-corrected chi connectivity index (χ0v) is 19.2. The van der Waals surface area contributed by atoms with Crippen LogP contribution in [0, 0.1) is 13.8 Å². The molecule has 0 saturated carbocycles. The predicted octanol–water partition coefficient (Wildman–Crippen LogP) is 5.03. The number of aryl methyl sites for hydroxylation is 3. The number of nitrogens with one attached hydrogen (secondary N) is 2. The van der Waals surface area contributed by atoms with Crippen molar-refractivity contribution in [2.75, 3.05) is 7.11 Å². The first-order chi connectivity index (χ1) is 16.0. The summed E-state index contributed by atoms with van der Waals surface area (Å²) in [7, 11) is 1.59. The number of hydrogen-bond acceptors (Lipinski definition) is 4. The normalized spacial score (nSPS) is 15.5. The van der Waals surface area contributed by atoms with Crippen LogP contribution in [0.1, 0.15) is 53.3 Å². The molecule has 2 N–H and O–H groups in total. The van der Waals surface area contributed by atoms with Gasteiger partial charge in [0.2, 0.25) is 5.91 Å². The van der Waals surface area contributed by atoms with Crippen molar-refractivity contribution >= 4 is 27.8 Å². The Kier molecular flexibility index (Phi) is 5.44. The average molecular weight is 445 g/mol. The molecule has 33 heavy (non-hydrogen) atoms. The molecule has 1 aliphatic rings. The van der Waals surface area contributed by atoms with Gasteiger partial charge < -0.3 is 19.5 Å². The van der Waals surface area contributed by atoms with Crippen molar-refractivity contribution in [3.05, 3.63) is 74.8 Å². The van der Waals surface area contributed by atoms with Gasteiger partial charge in [0, 0.05) is 39.5 Å². The van der Waals surface area contributed by atoms with E-state index in [1.165, 1.54) is 10.9 Å². The Morgan fingerprint density at radius 3 is 2.79 bits per heavy atom. The van der Waals surface area contributed by atoms with E-state index in [0.717, 1.165) is 47.0 Å². The first-order valence-electron chi connectivity index (χ1n) is 11.5. The zero-order chi connectivity index (χ0) is 23.1. The lowest BCUT2D eigenvalue weighted by atomic mass is 9.91. The van der Waals surface area contributed by atoms with Crippen LogP contribution < -0.4 is 15.7 Å².